The van der Waals surface area contributed by atoms with Gasteiger partial charge < -0.3 is 5.32 Å². The van der Waals surface area contributed by atoms with E-state index in [-0.39, 0.29) is 17.7 Å². The van der Waals surface area contributed by atoms with Crippen LogP contribution in [0.1, 0.15) is 29.1 Å². The van der Waals surface area contributed by atoms with Gasteiger partial charge in [0.2, 0.25) is 11.0 Å². The van der Waals surface area contributed by atoms with Crippen LogP contribution in [0.5, 0.6) is 0 Å². The first kappa shape index (κ1) is 19.2. The van der Waals surface area contributed by atoms with Crippen molar-refractivity contribution in [3.63, 3.8) is 0 Å². The lowest BCUT2D eigenvalue weighted by Crippen LogP contribution is -2.46. The standard InChI is InChI=1S/C19H20N4O2S2/c1-11(2)15(20-16(24)14-8-5-9-26-14)17(25)21-19-23-22-18(27-19)13-7-4-6-12(3)10-13/h4-11,15H,1-3H3,(H,20,24)(H,21,23,25). The van der Waals surface area contributed by atoms with Crippen LogP contribution in [-0.4, -0.2) is 28.1 Å². The lowest BCUT2D eigenvalue weighted by molar-refractivity contribution is -0.118. The molecule has 1 aromatic carbocycles. The fourth-order valence-corrected chi connectivity index (χ4v) is 3.88. The average molecular weight is 401 g/mol. The molecule has 0 spiro atoms. The van der Waals surface area contributed by atoms with Gasteiger partial charge in [-0.15, -0.1) is 21.5 Å². The van der Waals surface area contributed by atoms with Crippen LogP contribution in [0.2, 0.25) is 0 Å². The van der Waals surface area contributed by atoms with Gasteiger partial charge in [0.05, 0.1) is 4.88 Å². The molecule has 8 heteroatoms. The molecular formula is C19H20N4O2S2. The van der Waals surface area contributed by atoms with Gasteiger partial charge in [-0.2, -0.15) is 0 Å². The van der Waals surface area contributed by atoms with Gasteiger partial charge >= 0.3 is 0 Å². The number of benzene rings is 1. The molecule has 0 aliphatic carbocycles. The van der Waals surface area contributed by atoms with Crippen molar-refractivity contribution in [3.05, 3.63) is 52.2 Å². The summed E-state index contributed by atoms with van der Waals surface area (Å²) in [5, 5.41) is 16.8. The number of amides is 2. The number of anilines is 1. The van der Waals surface area contributed by atoms with Crippen LogP contribution in [0, 0.1) is 12.8 Å². The molecule has 0 radical (unpaired) electrons. The topological polar surface area (TPSA) is 84.0 Å². The molecule has 0 bridgehead atoms. The van der Waals surface area contributed by atoms with Gasteiger partial charge in [-0.25, -0.2) is 0 Å². The molecule has 140 valence electrons. The highest BCUT2D eigenvalue weighted by molar-refractivity contribution is 7.18. The van der Waals surface area contributed by atoms with Crippen LogP contribution in [0.25, 0.3) is 10.6 Å². The summed E-state index contributed by atoms with van der Waals surface area (Å²) in [5.74, 6) is -0.628. The highest BCUT2D eigenvalue weighted by Gasteiger charge is 2.26. The molecule has 27 heavy (non-hydrogen) atoms. The zero-order chi connectivity index (χ0) is 19.4. The Bertz CT molecular complexity index is 935. The minimum atomic E-state index is -0.661. The van der Waals surface area contributed by atoms with E-state index in [1.807, 2.05) is 50.4 Å². The average Bonchev–Trinajstić information content (AvgIpc) is 3.31. The number of hydrogen-bond donors (Lipinski definition) is 2. The van der Waals surface area contributed by atoms with Gasteiger partial charge in [-0.3, -0.25) is 14.9 Å². The summed E-state index contributed by atoms with van der Waals surface area (Å²) < 4.78 is 0. The zero-order valence-electron chi connectivity index (χ0n) is 15.2. The van der Waals surface area contributed by atoms with Crippen molar-refractivity contribution >= 4 is 39.6 Å². The molecule has 2 amide bonds. The van der Waals surface area contributed by atoms with Gasteiger partial charge in [-0.1, -0.05) is 55.0 Å². The third kappa shape index (κ3) is 4.78. The van der Waals surface area contributed by atoms with E-state index >= 15 is 0 Å². The Morgan fingerprint density at radius 2 is 1.93 bits per heavy atom. The number of nitrogens with one attached hydrogen (secondary N) is 2. The minimum absolute atomic E-state index is 0.0712. The van der Waals surface area contributed by atoms with Crippen molar-refractivity contribution in [2.75, 3.05) is 5.32 Å². The molecule has 1 atom stereocenters. The van der Waals surface area contributed by atoms with Gasteiger partial charge in [0.25, 0.3) is 5.91 Å². The zero-order valence-corrected chi connectivity index (χ0v) is 16.9. The first-order chi connectivity index (χ1) is 12.9. The first-order valence-electron chi connectivity index (χ1n) is 8.50. The maximum Gasteiger partial charge on any atom is 0.262 e. The normalized spacial score (nSPS) is 12.0. The molecule has 3 aromatic rings. The SMILES string of the molecule is Cc1cccc(-c2nnc(NC(=O)C(NC(=O)c3cccs3)C(C)C)s2)c1. The van der Waals surface area contributed by atoms with Crippen molar-refractivity contribution in [2.45, 2.75) is 26.8 Å². The number of aromatic nitrogens is 2. The van der Waals surface area contributed by atoms with E-state index in [1.54, 1.807) is 12.1 Å². The molecule has 2 aromatic heterocycles. The monoisotopic (exact) mass is 400 g/mol. The van der Waals surface area contributed by atoms with Crippen LogP contribution in [0.15, 0.2) is 41.8 Å². The Morgan fingerprint density at radius 1 is 1.11 bits per heavy atom. The fraction of sp³-hybridized carbons (Fsp3) is 0.263. The Kier molecular flexibility index (Phi) is 5.98. The maximum atomic E-state index is 12.7. The number of nitrogens with zero attached hydrogens (tertiary/aromatic N) is 2. The van der Waals surface area contributed by atoms with Crippen LogP contribution >= 0.6 is 22.7 Å². The van der Waals surface area contributed by atoms with Gasteiger partial charge in [0, 0.05) is 5.56 Å². The second-order valence-corrected chi connectivity index (χ2v) is 8.37. The summed E-state index contributed by atoms with van der Waals surface area (Å²) in [7, 11) is 0. The number of thiophene rings is 1. The molecule has 0 fully saturated rings. The molecule has 2 N–H and O–H groups in total. The first-order valence-corrected chi connectivity index (χ1v) is 10.2. The van der Waals surface area contributed by atoms with Gasteiger partial charge in [-0.05, 0) is 30.4 Å². The Labute approximate surface area is 165 Å². The lowest BCUT2D eigenvalue weighted by Gasteiger charge is -2.20. The molecule has 0 aliphatic heterocycles. The summed E-state index contributed by atoms with van der Waals surface area (Å²) in [6.45, 7) is 5.78. The summed E-state index contributed by atoms with van der Waals surface area (Å²) in [6.07, 6.45) is 0. The van der Waals surface area contributed by atoms with Crippen molar-refractivity contribution in [2.24, 2.45) is 5.92 Å². The fourth-order valence-electron chi connectivity index (χ4n) is 2.51. The quantitative estimate of drug-likeness (QED) is 0.656. The van der Waals surface area contributed by atoms with Gasteiger partial charge in [0.1, 0.15) is 11.0 Å². The van der Waals surface area contributed by atoms with Crippen molar-refractivity contribution in [3.8, 4) is 10.6 Å². The highest BCUT2D eigenvalue weighted by atomic mass is 32.1. The molecule has 1 unspecified atom stereocenters. The van der Waals surface area contributed by atoms with E-state index in [0.717, 1.165) is 16.1 Å². The van der Waals surface area contributed by atoms with Crippen LogP contribution in [0.3, 0.4) is 0 Å². The predicted octanol–water partition coefficient (Wildman–Crippen LogP) is 3.97. The number of hydrogen-bond acceptors (Lipinski definition) is 6. The summed E-state index contributed by atoms with van der Waals surface area (Å²) in [6, 6.07) is 10.8. The summed E-state index contributed by atoms with van der Waals surface area (Å²) in [4.78, 5) is 25.5. The smallest absolute Gasteiger partial charge is 0.262 e. The van der Waals surface area contributed by atoms with Crippen LogP contribution in [-0.2, 0) is 4.79 Å². The van der Waals surface area contributed by atoms with Crippen LogP contribution < -0.4 is 10.6 Å². The summed E-state index contributed by atoms with van der Waals surface area (Å²) >= 11 is 2.64. The third-order valence-corrected chi connectivity index (χ3v) is 5.66. The van der Waals surface area contributed by atoms with E-state index in [0.29, 0.717) is 10.0 Å². The maximum absolute atomic E-state index is 12.7. The molecule has 0 aliphatic rings. The predicted molar refractivity (Wildman–Crippen MR) is 109 cm³/mol. The third-order valence-electron chi connectivity index (χ3n) is 3.90. The van der Waals surface area contributed by atoms with E-state index in [4.69, 9.17) is 0 Å². The highest BCUT2D eigenvalue weighted by Crippen LogP contribution is 2.27. The van der Waals surface area contributed by atoms with E-state index < -0.39 is 6.04 Å². The van der Waals surface area contributed by atoms with Crippen molar-refractivity contribution in [1.82, 2.24) is 15.5 Å². The second kappa shape index (κ2) is 8.41. The van der Waals surface area contributed by atoms with E-state index in [9.17, 15) is 9.59 Å². The van der Waals surface area contributed by atoms with Crippen molar-refractivity contribution < 1.29 is 9.59 Å². The van der Waals surface area contributed by atoms with E-state index in [2.05, 4.69) is 20.8 Å². The Morgan fingerprint density at radius 3 is 2.59 bits per heavy atom. The lowest BCUT2D eigenvalue weighted by atomic mass is 10.0. The number of aryl methyl sites for hydroxylation is 1. The summed E-state index contributed by atoms with van der Waals surface area (Å²) in [5.41, 5.74) is 2.09. The largest absolute Gasteiger partial charge is 0.339 e. The molecule has 6 nitrogen and oxygen atoms in total. The molecule has 0 saturated carbocycles. The number of carbonyl (C=O) groups excluding carboxylic acids is 2. The Balaban J connectivity index is 1.70. The number of carbonyl (C=O) groups is 2. The van der Waals surface area contributed by atoms with Gasteiger partial charge in [0.15, 0.2) is 0 Å². The van der Waals surface area contributed by atoms with E-state index in [1.165, 1.54) is 22.7 Å². The molecule has 0 saturated heterocycles. The van der Waals surface area contributed by atoms with Crippen LogP contribution in [0.4, 0.5) is 5.13 Å². The molecule has 2 heterocycles. The minimum Gasteiger partial charge on any atom is -0.339 e. The Hall–Kier alpha value is -2.58. The number of rotatable bonds is 6. The second-order valence-electron chi connectivity index (χ2n) is 6.44. The molecule has 3 rings (SSSR count). The molecular weight excluding hydrogens is 380 g/mol. The van der Waals surface area contributed by atoms with Crippen molar-refractivity contribution in [1.29, 1.82) is 0 Å².